The average Bonchev–Trinajstić information content (AvgIpc) is 2.22. The van der Waals surface area contributed by atoms with Gasteiger partial charge in [0.25, 0.3) is 0 Å². The summed E-state index contributed by atoms with van der Waals surface area (Å²) in [5.41, 5.74) is 0. The summed E-state index contributed by atoms with van der Waals surface area (Å²) in [6, 6.07) is 14.3. The second-order valence-electron chi connectivity index (χ2n) is 3.03. The Morgan fingerprint density at radius 1 is 1.00 bits per heavy atom. The molecule has 1 N–H and O–H groups in total. The van der Waals surface area contributed by atoms with E-state index in [-0.39, 0.29) is 5.75 Å². The molecule has 0 bridgehead atoms. The van der Waals surface area contributed by atoms with E-state index < -0.39 is 0 Å². The number of halogens is 1. The molecule has 0 aromatic heterocycles. The molecule has 0 radical (unpaired) electrons. The van der Waals surface area contributed by atoms with Crippen LogP contribution < -0.4 is 4.74 Å². The van der Waals surface area contributed by atoms with Crippen LogP contribution in [-0.4, -0.2) is 5.11 Å². The average molecular weight is 265 g/mol. The van der Waals surface area contributed by atoms with Gasteiger partial charge in [0.15, 0.2) is 11.5 Å². The molecular weight excluding hydrogens is 256 g/mol. The zero-order valence-electron chi connectivity index (χ0n) is 7.85. The SMILES string of the molecule is Oc1ccccc1Oc1cccc(Br)c1. The maximum atomic E-state index is 9.50. The molecule has 0 heterocycles. The first-order valence-electron chi connectivity index (χ1n) is 4.47. The van der Waals surface area contributed by atoms with Gasteiger partial charge in [0.05, 0.1) is 0 Å². The van der Waals surface area contributed by atoms with Crippen LogP contribution in [0, 0.1) is 0 Å². The number of rotatable bonds is 2. The minimum absolute atomic E-state index is 0.137. The number of hydrogen-bond acceptors (Lipinski definition) is 2. The molecule has 76 valence electrons. The highest BCUT2D eigenvalue weighted by atomic mass is 79.9. The standard InChI is InChI=1S/C12H9BrO2/c13-9-4-3-5-10(8-9)15-12-7-2-1-6-11(12)14/h1-8,14H. The Hall–Kier alpha value is -1.48. The maximum Gasteiger partial charge on any atom is 0.169 e. The van der Waals surface area contributed by atoms with E-state index in [9.17, 15) is 5.11 Å². The zero-order valence-corrected chi connectivity index (χ0v) is 9.44. The Morgan fingerprint density at radius 2 is 1.80 bits per heavy atom. The smallest absolute Gasteiger partial charge is 0.169 e. The molecule has 0 saturated heterocycles. The summed E-state index contributed by atoms with van der Waals surface area (Å²) in [5.74, 6) is 1.28. The fourth-order valence-electron chi connectivity index (χ4n) is 1.20. The molecule has 2 rings (SSSR count). The number of phenolic OH excluding ortho intramolecular Hbond substituents is 1. The summed E-state index contributed by atoms with van der Waals surface area (Å²) in [6.45, 7) is 0. The van der Waals surface area contributed by atoms with Gasteiger partial charge in [0.1, 0.15) is 5.75 Å². The number of phenols is 1. The summed E-state index contributed by atoms with van der Waals surface area (Å²) in [6.07, 6.45) is 0. The molecule has 0 unspecified atom stereocenters. The van der Waals surface area contributed by atoms with Gasteiger partial charge in [-0.3, -0.25) is 0 Å². The van der Waals surface area contributed by atoms with Crippen LogP contribution >= 0.6 is 15.9 Å². The van der Waals surface area contributed by atoms with E-state index in [1.165, 1.54) is 0 Å². The first-order chi connectivity index (χ1) is 7.25. The van der Waals surface area contributed by atoms with Crippen LogP contribution in [0.15, 0.2) is 53.0 Å². The van der Waals surface area contributed by atoms with Gasteiger partial charge in [-0.05, 0) is 30.3 Å². The molecule has 2 aromatic rings. The summed E-state index contributed by atoms with van der Waals surface area (Å²) in [4.78, 5) is 0. The van der Waals surface area contributed by atoms with Crippen molar-refractivity contribution >= 4 is 15.9 Å². The van der Waals surface area contributed by atoms with Crippen molar-refractivity contribution in [3.05, 3.63) is 53.0 Å². The van der Waals surface area contributed by atoms with Crippen molar-refractivity contribution < 1.29 is 9.84 Å². The fourth-order valence-corrected chi connectivity index (χ4v) is 1.58. The van der Waals surface area contributed by atoms with E-state index >= 15 is 0 Å². The van der Waals surface area contributed by atoms with Crippen molar-refractivity contribution in [1.29, 1.82) is 0 Å². The predicted octanol–water partition coefficient (Wildman–Crippen LogP) is 3.95. The van der Waals surface area contributed by atoms with Gasteiger partial charge < -0.3 is 9.84 Å². The summed E-state index contributed by atoms with van der Waals surface area (Å²) >= 11 is 3.35. The van der Waals surface area contributed by atoms with Crippen LogP contribution in [0.2, 0.25) is 0 Å². The Kier molecular flexibility index (Phi) is 2.92. The van der Waals surface area contributed by atoms with Crippen molar-refractivity contribution in [2.45, 2.75) is 0 Å². The number of hydrogen-bond donors (Lipinski definition) is 1. The Balaban J connectivity index is 2.26. The van der Waals surface area contributed by atoms with Crippen molar-refractivity contribution in [2.24, 2.45) is 0 Å². The number of benzene rings is 2. The first kappa shape index (κ1) is 10.1. The lowest BCUT2D eigenvalue weighted by molar-refractivity contribution is 0.411. The first-order valence-corrected chi connectivity index (χ1v) is 5.26. The number of aromatic hydroxyl groups is 1. The third-order valence-corrected chi connectivity index (χ3v) is 2.38. The molecule has 0 spiro atoms. The maximum absolute atomic E-state index is 9.50. The molecule has 0 aliphatic heterocycles. The van der Waals surface area contributed by atoms with Crippen LogP contribution in [0.25, 0.3) is 0 Å². The Bertz CT molecular complexity index is 469. The van der Waals surface area contributed by atoms with Gasteiger partial charge in [0, 0.05) is 4.47 Å². The predicted molar refractivity (Wildman–Crippen MR) is 62.3 cm³/mol. The van der Waals surface area contributed by atoms with Crippen molar-refractivity contribution in [2.75, 3.05) is 0 Å². The van der Waals surface area contributed by atoms with Gasteiger partial charge in [-0.1, -0.05) is 34.1 Å². The van der Waals surface area contributed by atoms with E-state index in [1.54, 1.807) is 18.2 Å². The van der Waals surface area contributed by atoms with Crippen LogP contribution in [0.5, 0.6) is 17.2 Å². The minimum Gasteiger partial charge on any atom is -0.504 e. The second kappa shape index (κ2) is 4.36. The topological polar surface area (TPSA) is 29.5 Å². The highest BCUT2D eigenvalue weighted by Gasteiger charge is 2.02. The van der Waals surface area contributed by atoms with Crippen molar-refractivity contribution in [3.63, 3.8) is 0 Å². The molecule has 0 aliphatic rings. The Labute approximate surface area is 96.3 Å². The Morgan fingerprint density at radius 3 is 2.53 bits per heavy atom. The molecule has 0 amide bonds. The molecule has 2 nitrogen and oxygen atoms in total. The monoisotopic (exact) mass is 264 g/mol. The van der Waals surface area contributed by atoms with Gasteiger partial charge >= 0.3 is 0 Å². The molecule has 0 atom stereocenters. The van der Waals surface area contributed by atoms with E-state index in [0.29, 0.717) is 11.5 Å². The van der Waals surface area contributed by atoms with Gasteiger partial charge in [-0.25, -0.2) is 0 Å². The van der Waals surface area contributed by atoms with Crippen molar-refractivity contribution in [1.82, 2.24) is 0 Å². The second-order valence-corrected chi connectivity index (χ2v) is 3.94. The molecule has 0 aliphatic carbocycles. The highest BCUT2D eigenvalue weighted by Crippen LogP contribution is 2.30. The van der Waals surface area contributed by atoms with Gasteiger partial charge in [-0.2, -0.15) is 0 Å². The summed E-state index contributed by atoms with van der Waals surface area (Å²) < 4.78 is 6.45. The molecule has 15 heavy (non-hydrogen) atoms. The van der Waals surface area contributed by atoms with Crippen LogP contribution in [-0.2, 0) is 0 Å². The largest absolute Gasteiger partial charge is 0.504 e. The third kappa shape index (κ3) is 2.50. The molecule has 3 heteroatoms. The molecule has 2 aromatic carbocycles. The van der Waals surface area contributed by atoms with Crippen LogP contribution in [0.4, 0.5) is 0 Å². The van der Waals surface area contributed by atoms with E-state index in [2.05, 4.69) is 15.9 Å². The fraction of sp³-hybridized carbons (Fsp3) is 0. The van der Waals surface area contributed by atoms with Gasteiger partial charge in [-0.15, -0.1) is 0 Å². The number of ether oxygens (including phenoxy) is 1. The summed E-state index contributed by atoms with van der Waals surface area (Å²) in [7, 11) is 0. The third-order valence-electron chi connectivity index (χ3n) is 1.89. The quantitative estimate of drug-likeness (QED) is 0.890. The number of para-hydroxylation sites is 2. The van der Waals surface area contributed by atoms with Crippen LogP contribution in [0.3, 0.4) is 0 Å². The van der Waals surface area contributed by atoms with Crippen molar-refractivity contribution in [3.8, 4) is 17.2 Å². The lowest BCUT2D eigenvalue weighted by Crippen LogP contribution is -1.83. The van der Waals surface area contributed by atoms with E-state index in [1.807, 2.05) is 30.3 Å². The molecule has 0 saturated carbocycles. The zero-order chi connectivity index (χ0) is 10.7. The summed E-state index contributed by atoms with van der Waals surface area (Å²) in [5, 5.41) is 9.50. The lowest BCUT2D eigenvalue weighted by Gasteiger charge is -2.07. The van der Waals surface area contributed by atoms with E-state index in [0.717, 1.165) is 4.47 Å². The minimum atomic E-state index is 0.137. The normalized spacial score (nSPS) is 9.93. The lowest BCUT2D eigenvalue weighted by atomic mass is 10.3. The van der Waals surface area contributed by atoms with E-state index in [4.69, 9.17) is 4.74 Å². The highest BCUT2D eigenvalue weighted by molar-refractivity contribution is 9.10. The molecular formula is C12H9BrO2. The van der Waals surface area contributed by atoms with Crippen LogP contribution in [0.1, 0.15) is 0 Å². The molecule has 0 fully saturated rings. The van der Waals surface area contributed by atoms with Gasteiger partial charge in [0.2, 0.25) is 0 Å².